The van der Waals surface area contributed by atoms with Gasteiger partial charge in [0.25, 0.3) is 5.56 Å². The zero-order chi connectivity index (χ0) is 23.0. The maximum Gasteiger partial charge on any atom is 0.390 e. The second-order valence-corrected chi connectivity index (χ2v) is 7.95. The van der Waals surface area contributed by atoms with Crippen LogP contribution in [0.15, 0.2) is 52.2 Å². The van der Waals surface area contributed by atoms with E-state index in [9.17, 15) is 27.2 Å². The lowest BCUT2D eigenvalue weighted by Crippen LogP contribution is -2.31. The van der Waals surface area contributed by atoms with Crippen LogP contribution in [0.25, 0.3) is 20.7 Å². The molecule has 0 aliphatic rings. The number of rotatable bonds is 5. The van der Waals surface area contributed by atoms with Gasteiger partial charge >= 0.3 is 11.9 Å². The van der Waals surface area contributed by atoms with E-state index in [-0.39, 0.29) is 16.1 Å². The van der Waals surface area contributed by atoms with Crippen molar-refractivity contribution in [3.8, 4) is 22.1 Å². The molecule has 0 amide bonds. The normalized spacial score (nSPS) is 11.8. The number of pyridine rings is 1. The number of hydrogen-bond donors (Lipinski definition) is 1. The molecule has 0 atom stereocenters. The van der Waals surface area contributed by atoms with E-state index in [4.69, 9.17) is 4.74 Å². The zero-order valence-corrected chi connectivity index (χ0v) is 17.3. The molecule has 11 heteroatoms. The smallest absolute Gasteiger partial charge is 0.390 e. The molecule has 3 aromatic heterocycles. The number of aromatic amines is 1. The molecule has 32 heavy (non-hydrogen) atoms. The minimum Gasteiger partial charge on any atom is -0.439 e. The number of benzene rings is 1. The summed E-state index contributed by atoms with van der Waals surface area (Å²) in [5, 5.41) is 0.165. The van der Waals surface area contributed by atoms with Gasteiger partial charge in [0.2, 0.25) is 5.88 Å². The largest absolute Gasteiger partial charge is 0.439 e. The molecule has 0 aliphatic heterocycles. The van der Waals surface area contributed by atoms with Crippen LogP contribution in [0, 0.1) is 12.7 Å². The minimum atomic E-state index is -4.44. The summed E-state index contributed by atoms with van der Waals surface area (Å²) < 4.78 is 57.6. The number of nitrogens with zero attached hydrogens (tertiary/aromatic N) is 2. The molecule has 0 saturated carbocycles. The van der Waals surface area contributed by atoms with Crippen molar-refractivity contribution in [3.05, 3.63) is 74.8 Å². The molecule has 1 aromatic carbocycles. The summed E-state index contributed by atoms with van der Waals surface area (Å²) in [5.41, 5.74) is -0.413. The van der Waals surface area contributed by atoms with Gasteiger partial charge in [-0.05, 0) is 42.8 Å². The van der Waals surface area contributed by atoms with Gasteiger partial charge in [-0.25, -0.2) is 14.2 Å². The fraction of sp³-hybridized carbons (Fsp3) is 0.190. The summed E-state index contributed by atoms with van der Waals surface area (Å²) in [6.45, 7) is 1.06. The first-order valence-electron chi connectivity index (χ1n) is 9.35. The van der Waals surface area contributed by atoms with Crippen LogP contribution in [0.4, 0.5) is 17.6 Å². The predicted molar refractivity (Wildman–Crippen MR) is 112 cm³/mol. The molecule has 6 nitrogen and oxygen atoms in total. The number of aromatic nitrogens is 3. The van der Waals surface area contributed by atoms with Gasteiger partial charge in [0, 0.05) is 29.2 Å². The monoisotopic (exact) mass is 465 g/mol. The molecule has 4 aromatic rings. The molecule has 0 fully saturated rings. The number of aryl methyl sites for hydroxylation is 2. The van der Waals surface area contributed by atoms with Crippen molar-refractivity contribution in [1.82, 2.24) is 14.5 Å². The summed E-state index contributed by atoms with van der Waals surface area (Å²) in [4.78, 5) is 31.6. The summed E-state index contributed by atoms with van der Waals surface area (Å²) in [5.74, 6) is 0.244. The van der Waals surface area contributed by atoms with Gasteiger partial charge in [-0.3, -0.25) is 14.3 Å². The Balaban J connectivity index is 1.70. The third-order valence-corrected chi connectivity index (χ3v) is 6.08. The Hall–Kier alpha value is -3.47. The van der Waals surface area contributed by atoms with Crippen molar-refractivity contribution < 1.29 is 22.3 Å². The maximum absolute atomic E-state index is 13.0. The molecule has 0 aliphatic carbocycles. The van der Waals surface area contributed by atoms with Crippen LogP contribution in [-0.4, -0.2) is 20.7 Å². The van der Waals surface area contributed by atoms with Crippen LogP contribution < -0.4 is 16.0 Å². The highest BCUT2D eigenvalue weighted by Crippen LogP contribution is 2.36. The zero-order valence-electron chi connectivity index (χ0n) is 16.5. The molecule has 166 valence electrons. The minimum absolute atomic E-state index is 0.165. The Morgan fingerprint density at radius 3 is 2.47 bits per heavy atom. The molecule has 0 spiro atoms. The van der Waals surface area contributed by atoms with Gasteiger partial charge in [-0.15, -0.1) is 11.3 Å². The summed E-state index contributed by atoms with van der Waals surface area (Å²) in [7, 11) is 0. The van der Waals surface area contributed by atoms with Gasteiger partial charge in [0.05, 0.1) is 11.8 Å². The van der Waals surface area contributed by atoms with Crippen molar-refractivity contribution in [2.75, 3.05) is 0 Å². The Morgan fingerprint density at radius 2 is 1.84 bits per heavy atom. The van der Waals surface area contributed by atoms with Crippen LogP contribution in [0.2, 0.25) is 0 Å². The predicted octanol–water partition coefficient (Wildman–Crippen LogP) is 5.01. The summed E-state index contributed by atoms with van der Waals surface area (Å²) in [6, 6.07) is 8.65. The van der Waals surface area contributed by atoms with Gasteiger partial charge in [-0.1, -0.05) is 0 Å². The van der Waals surface area contributed by atoms with Gasteiger partial charge < -0.3 is 4.74 Å². The highest BCUT2D eigenvalue weighted by Gasteiger charge is 2.28. The van der Waals surface area contributed by atoms with E-state index in [0.29, 0.717) is 21.8 Å². The second kappa shape index (κ2) is 8.23. The first-order valence-corrected chi connectivity index (χ1v) is 10.2. The molecule has 0 saturated heterocycles. The van der Waals surface area contributed by atoms with Crippen molar-refractivity contribution in [3.63, 3.8) is 0 Å². The first kappa shape index (κ1) is 21.8. The third-order valence-electron chi connectivity index (χ3n) is 4.72. The van der Waals surface area contributed by atoms with Crippen molar-refractivity contribution >= 4 is 21.6 Å². The Kier molecular flexibility index (Phi) is 5.59. The molecule has 0 unspecified atom stereocenters. The fourth-order valence-corrected chi connectivity index (χ4v) is 4.51. The van der Waals surface area contributed by atoms with E-state index in [2.05, 4.69) is 9.97 Å². The van der Waals surface area contributed by atoms with E-state index in [1.54, 1.807) is 19.1 Å². The van der Waals surface area contributed by atoms with Crippen LogP contribution in [0.3, 0.4) is 0 Å². The highest BCUT2D eigenvalue weighted by molar-refractivity contribution is 7.22. The number of halogens is 4. The van der Waals surface area contributed by atoms with Gasteiger partial charge in [0.15, 0.2) is 0 Å². The van der Waals surface area contributed by atoms with Crippen LogP contribution >= 0.6 is 11.3 Å². The summed E-state index contributed by atoms with van der Waals surface area (Å²) in [6.07, 6.45) is -4.15. The first-order chi connectivity index (χ1) is 15.1. The van der Waals surface area contributed by atoms with Gasteiger partial charge in [0.1, 0.15) is 16.4 Å². The fourth-order valence-electron chi connectivity index (χ4n) is 3.19. The number of hydrogen-bond acceptors (Lipinski definition) is 5. The molecule has 0 bridgehead atoms. The molecule has 3 heterocycles. The van der Waals surface area contributed by atoms with Crippen molar-refractivity contribution in [1.29, 1.82) is 0 Å². The lowest BCUT2D eigenvalue weighted by Gasteiger charge is -2.09. The topological polar surface area (TPSA) is 77.0 Å². The molecular weight excluding hydrogens is 450 g/mol. The van der Waals surface area contributed by atoms with Gasteiger partial charge in [-0.2, -0.15) is 13.2 Å². The quantitative estimate of drug-likeness (QED) is 0.421. The number of ether oxygens (including phenoxy) is 1. The number of alkyl halides is 3. The van der Waals surface area contributed by atoms with Crippen LogP contribution in [-0.2, 0) is 6.54 Å². The van der Waals surface area contributed by atoms with Crippen LogP contribution in [0.1, 0.15) is 12.0 Å². The van der Waals surface area contributed by atoms with E-state index in [1.165, 1.54) is 30.5 Å². The van der Waals surface area contributed by atoms with Crippen molar-refractivity contribution in [2.24, 2.45) is 0 Å². The van der Waals surface area contributed by atoms with E-state index in [1.807, 2.05) is 0 Å². The molecule has 4 rings (SSSR count). The number of nitrogens with one attached hydrogen (secondary N) is 1. The lowest BCUT2D eigenvalue weighted by atomic mass is 10.1. The average Bonchev–Trinajstić information content (AvgIpc) is 3.07. The molecule has 1 N–H and O–H groups in total. The van der Waals surface area contributed by atoms with E-state index in [0.717, 1.165) is 15.9 Å². The third kappa shape index (κ3) is 4.42. The standard InChI is InChI=1S/C21H15F4N3O3S/c1-11-16-18(29)27-20(30)28(9-8-21(23,24)25)19(16)32-17(11)12-2-7-15(26-10-12)31-14-5-3-13(22)4-6-14/h2-7,10H,8-9H2,1H3,(H,27,29,30). The number of fused-ring (bicyclic) bond motifs is 1. The number of H-pyrrole nitrogens is 1. The number of thiophene rings is 1. The van der Waals surface area contributed by atoms with E-state index < -0.39 is 36.2 Å². The van der Waals surface area contributed by atoms with Crippen molar-refractivity contribution in [2.45, 2.75) is 26.1 Å². The molecule has 0 radical (unpaired) electrons. The maximum atomic E-state index is 13.0. The van der Waals surface area contributed by atoms with E-state index >= 15 is 0 Å². The second-order valence-electron chi connectivity index (χ2n) is 6.95. The Morgan fingerprint density at radius 1 is 1.12 bits per heavy atom. The highest BCUT2D eigenvalue weighted by atomic mass is 32.1. The Labute approximate surface area is 181 Å². The average molecular weight is 465 g/mol. The SMILES string of the molecule is Cc1c(-c2ccc(Oc3ccc(F)cc3)nc2)sc2c1c(=O)[nH]c(=O)n2CCC(F)(F)F. The lowest BCUT2D eigenvalue weighted by molar-refractivity contribution is -0.136. The molecular formula is C21H15F4N3O3S. The summed E-state index contributed by atoms with van der Waals surface area (Å²) >= 11 is 1.05. The van der Waals surface area contributed by atoms with Crippen LogP contribution in [0.5, 0.6) is 11.6 Å². The Bertz CT molecular complexity index is 1390.